The van der Waals surface area contributed by atoms with Crippen LogP contribution in [0, 0.1) is 0 Å². The number of nitrogens with one attached hydrogen (secondary N) is 4. The van der Waals surface area contributed by atoms with E-state index in [0.29, 0.717) is 17.6 Å². The molecule has 0 spiro atoms. The van der Waals surface area contributed by atoms with Crippen LogP contribution in [0.3, 0.4) is 0 Å². The lowest BCUT2D eigenvalue weighted by atomic mass is 9.96. The zero-order valence-electron chi connectivity index (χ0n) is 14.3. The Morgan fingerprint density at radius 2 is 1.78 bits per heavy atom. The normalized spacial score (nSPS) is 28.9. The number of rotatable bonds is 4. The molecule has 6 nitrogen and oxygen atoms in total. The Kier molecular flexibility index (Phi) is 7.52. The number of carbonyl (C=O) groups excluding carboxylic acids is 1. The van der Waals surface area contributed by atoms with E-state index in [1.165, 1.54) is 24.2 Å². The largest absolute Gasteiger partial charge is 0.364 e. The predicted octanol–water partition coefficient (Wildman–Crippen LogP) is -0.103. The number of hydrogen-bond donors (Lipinski definition) is 4. The highest BCUT2D eigenvalue weighted by molar-refractivity contribution is 7.80. The maximum Gasteiger partial charge on any atom is 0.244 e. The molecule has 2 fully saturated rings. The molecule has 132 valence electrons. The predicted molar refractivity (Wildman–Crippen MR) is 94.1 cm³/mol. The average molecular weight is 344 g/mol. The summed E-state index contributed by atoms with van der Waals surface area (Å²) in [5.41, 5.74) is 5.52. The van der Waals surface area contributed by atoms with Gasteiger partial charge in [-0.3, -0.25) is 15.6 Å². The summed E-state index contributed by atoms with van der Waals surface area (Å²) in [5, 5.41) is 3.79. The Hall–Kier alpha value is -0.920. The number of amides is 1. The molecule has 1 aliphatic heterocycles. The summed E-state index contributed by atoms with van der Waals surface area (Å²) < 4.78 is 5.72. The topological polar surface area (TPSA) is 66.8 Å². The van der Waals surface area contributed by atoms with Crippen LogP contribution in [0.2, 0.25) is 0 Å². The van der Waals surface area contributed by atoms with Crippen LogP contribution in [0.1, 0.15) is 52.4 Å². The van der Waals surface area contributed by atoms with Gasteiger partial charge in [0, 0.05) is 6.04 Å². The molecule has 0 bridgehead atoms. The lowest BCUT2D eigenvalue weighted by molar-refractivity contribution is -0.914. The number of quaternary nitrogens is 1. The fourth-order valence-electron chi connectivity index (χ4n) is 3.54. The van der Waals surface area contributed by atoms with E-state index >= 15 is 0 Å². The van der Waals surface area contributed by atoms with Gasteiger partial charge in [-0.2, -0.15) is 0 Å². The molecule has 2 atom stereocenters. The standard InChI is InChI=1S/C16H30N4O2S/c1-12-10-20(11-13(2)22-12)9-8-15(21)18-19-16(23)17-14-6-4-3-5-7-14/h12-14H,3-11H2,1-2H3,(H,18,21)(H2,17,19,23)/p+1/t12-,13-/m1/s1. The molecule has 1 saturated carbocycles. The average Bonchev–Trinajstić information content (AvgIpc) is 2.51. The number of morpholine rings is 1. The molecular formula is C16H31N4O2S+. The maximum atomic E-state index is 11.9. The smallest absolute Gasteiger partial charge is 0.244 e. The fraction of sp³-hybridized carbons (Fsp3) is 0.875. The molecule has 1 aliphatic carbocycles. The van der Waals surface area contributed by atoms with Crippen molar-refractivity contribution < 1.29 is 14.4 Å². The summed E-state index contributed by atoms with van der Waals surface area (Å²) >= 11 is 5.23. The van der Waals surface area contributed by atoms with Crippen LogP contribution >= 0.6 is 12.2 Å². The molecule has 2 aliphatic rings. The van der Waals surface area contributed by atoms with Crippen LogP contribution in [0.25, 0.3) is 0 Å². The third kappa shape index (κ3) is 7.01. The van der Waals surface area contributed by atoms with Crippen LogP contribution in [-0.2, 0) is 9.53 Å². The van der Waals surface area contributed by atoms with Crippen LogP contribution in [-0.4, -0.2) is 48.9 Å². The minimum atomic E-state index is -0.0166. The van der Waals surface area contributed by atoms with Crippen LogP contribution in [0.15, 0.2) is 0 Å². The number of hydrazine groups is 1. The first-order valence-electron chi connectivity index (χ1n) is 8.87. The van der Waals surface area contributed by atoms with Crippen molar-refractivity contribution in [3.63, 3.8) is 0 Å². The van der Waals surface area contributed by atoms with Crippen molar-refractivity contribution >= 4 is 23.2 Å². The second-order valence-corrected chi connectivity index (χ2v) is 7.31. The summed E-state index contributed by atoms with van der Waals surface area (Å²) in [6, 6.07) is 0.446. The molecule has 1 amide bonds. The lowest BCUT2D eigenvalue weighted by Gasteiger charge is -2.32. The second-order valence-electron chi connectivity index (χ2n) is 6.90. The molecule has 0 aromatic heterocycles. The molecule has 7 heteroatoms. The van der Waals surface area contributed by atoms with Crippen LogP contribution in [0.5, 0.6) is 0 Å². The van der Waals surface area contributed by atoms with E-state index in [-0.39, 0.29) is 18.1 Å². The molecule has 23 heavy (non-hydrogen) atoms. The Bertz CT molecular complexity index is 392. The fourth-order valence-corrected chi connectivity index (χ4v) is 3.76. The molecule has 1 saturated heterocycles. The minimum Gasteiger partial charge on any atom is -0.364 e. The molecule has 1 heterocycles. The highest BCUT2D eigenvalue weighted by Crippen LogP contribution is 2.17. The zero-order chi connectivity index (χ0) is 16.7. The highest BCUT2D eigenvalue weighted by Gasteiger charge is 2.25. The Morgan fingerprint density at radius 3 is 2.43 bits per heavy atom. The number of ether oxygens (including phenoxy) is 1. The van der Waals surface area contributed by atoms with E-state index in [0.717, 1.165) is 32.5 Å². The number of carbonyl (C=O) groups is 1. The van der Waals surface area contributed by atoms with Crippen molar-refractivity contribution in [1.82, 2.24) is 16.2 Å². The van der Waals surface area contributed by atoms with Crippen LogP contribution < -0.4 is 21.1 Å². The first kappa shape index (κ1) is 18.4. The van der Waals surface area contributed by atoms with Crippen LogP contribution in [0.4, 0.5) is 0 Å². The molecular weight excluding hydrogens is 312 g/mol. The van der Waals surface area contributed by atoms with Gasteiger partial charge in [0.05, 0.1) is 13.0 Å². The Morgan fingerprint density at radius 1 is 1.13 bits per heavy atom. The third-order valence-electron chi connectivity index (χ3n) is 4.58. The number of thiocarbonyl (C=S) groups is 1. The van der Waals surface area contributed by atoms with E-state index in [2.05, 4.69) is 30.0 Å². The second kappa shape index (κ2) is 9.39. The molecule has 0 unspecified atom stereocenters. The van der Waals surface area contributed by atoms with Gasteiger partial charge in [-0.15, -0.1) is 0 Å². The molecule has 4 N–H and O–H groups in total. The maximum absolute atomic E-state index is 11.9. The summed E-state index contributed by atoms with van der Waals surface area (Å²) in [4.78, 5) is 13.4. The van der Waals surface area contributed by atoms with Gasteiger partial charge in [-0.1, -0.05) is 19.3 Å². The third-order valence-corrected chi connectivity index (χ3v) is 4.80. The first-order chi connectivity index (χ1) is 11.0. The quantitative estimate of drug-likeness (QED) is 0.424. The van der Waals surface area contributed by atoms with E-state index in [1.54, 1.807) is 0 Å². The van der Waals surface area contributed by atoms with Gasteiger partial charge in [0.15, 0.2) is 5.11 Å². The number of hydrogen-bond acceptors (Lipinski definition) is 3. The van der Waals surface area contributed by atoms with Gasteiger partial charge in [-0.05, 0) is 38.9 Å². The van der Waals surface area contributed by atoms with E-state index in [1.807, 2.05) is 0 Å². The van der Waals surface area contributed by atoms with Crippen molar-refractivity contribution in [2.75, 3.05) is 19.6 Å². The minimum absolute atomic E-state index is 0.0166. The van der Waals surface area contributed by atoms with Gasteiger partial charge in [0.2, 0.25) is 5.91 Å². The van der Waals surface area contributed by atoms with Crippen molar-refractivity contribution in [3.8, 4) is 0 Å². The molecule has 0 radical (unpaired) electrons. The molecule has 2 rings (SSSR count). The van der Waals surface area contributed by atoms with Gasteiger partial charge < -0.3 is 15.0 Å². The zero-order valence-corrected chi connectivity index (χ0v) is 15.1. The van der Waals surface area contributed by atoms with Gasteiger partial charge in [-0.25, -0.2) is 0 Å². The molecule has 0 aromatic rings. The summed E-state index contributed by atoms with van der Waals surface area (Å²) in [7, 11) is 0. The van der Waals surface area contributed by atoms with E-state index in [4.69, 9.17) is 17.0 Å². The van der Waals surface area contributed by atoms with Gasteiger partial charge in [0.1, 0.15) is 25.3 Å². The summed E-state index contributed by atoms with van der Waals surface area (Å²) in [6.07, 6.45) is 7.17. The molecule has 0 aromatic carbocycles. The van der Waals surface area contributed by atoms with Crippen molar-refractivity contribution in [2.45, 2.75) is 70.6 Å². The van der Waals surface area contributed by atoms with Crippen molar-refractivity contribution in [2.24, 2.45) is 0 Å². The Balaban J connectivity index is 1.58. The summed E-state index contributed by atoms with van der Waals surface area (Å²) in [6.45, 7) is 6.94. The first-order valence-corrected chi connectivity index (χ1v) is 9.28. The Labute approximate surface area is 144 Å². The van der Waals surface area contributed by atoms with E-state index < -0.39 is 0 Å². The van der Waals surface area contributed by atoms with Crippen molar-refractivity contribution in [3.05, 3.63) is 0 Å². The lowest BCUT2D eigenvalue weighted by Crippen LogP contribution is -3.15. The van der Waals surface area contributed by atoms with E-state index in [9.17, 15) is 4.79 Å². The highest BCUT2D eigenvalue weighted by atomic mass is 32.1. The monoisotopic (exact) mass is 343 g/mol. The summed E-state index contributed by atoms with van der Waals surface area (Å²) in [5.74, 6) is -0.0166. The SMILES string of the molecule is C[C@@H]1C[NH+](CCC(=O)NNC(=S)NC2CCCCC2)C[C@@H](C)O1. The van der Waals surface area contributed by atoms with Gasteiger partial charge in [0.25, 0.3) is 0 Å². The van der Waals surface area contributed by atoms with Gasteiger partial charge >= 0.3 is 0 Å². The van der Waals surface area contributed by atoms with Crippen molar-refractivity contribution in [1.29, 1.82) is 0 Å².